The van der Waals surface area contributed by atoms with Crippen LogP contribution in [0.15, 0.2) is 0 Å². The Balaban J connectivity index is 4.22. The molecule has 0 radical (unpaired) electrons. The number of ketones is 2. The highest BCUT2D eigenvalue weighted by Gasteiger charge is 2.24. The molecule has 0 spiro atoms. The van der Waals surface area contributed by atoms with Gasteiger partial charge in [0.15, 0.2) is 0 Å². The maximum atomic E-state index is 11.2. The fourth-order valence-electron chi connectivity index (χ4n) is 1.08. The van der Waals surface area contributed by atoms with E-state index in [-0.39, 0.29) is 31.0 Å². The number of Topliss-reactive ketones (excluding diaryl/α,β-unsaturated/α-hetero) is 2. The molecular formula is C10H16O4. The van der Waals surface area contributed by atoms with Crippen LogP contribution < -0.4 is 0 Å². The van der Waals surface area contributed by atoms with Crippen molar-refractivity contribution >= 4 is 17.5 Å². The summed E-state index contributed by atoms with van der Waals surface area (Å²) in [5.74, 6) is -1.58. The lowest BCUT2D eigenvalue weighted by molar-refractivity contribution is -0.151. The summed E-state index contributed by atoms with van der Waals surface area (Å²) in [6, 6.07) is 0. The van der Waals surface area contributed by atoms with Gasteiger partial charge in [-0.05, 0) is 27.2 Å². The molecule has 14 heavy (non-hydrogen) atoms. The second kappa shape index (κ2) is 6.29. The average Bonchev–Trinajstić information content (AvgIpc) is 2.03. The van der Waals surface area contributed by atoms with Gasteiger partial charge in [0, 0.05) is 6.42 Å². The summed E-state index contributed by atoms with van der Waals surface area (Å²) in [6.45, 7) is 4.70. The smallest absolute Gasteiger partial charge is 0.316 e. The zero-order chi connectivity index (χ0) is 11.1. The molecule has 0 heterocycles. The molecule has 0 bridgehead atoms. The summed E-state index contributed by atoms with van der Waals surface area (Å²) >= 11 is 0. The summed E-state index contributed by atoms with van der Waals surface area (Å²) in [4.78, 5) is 33.0. The van der Waals surface area contributed by atoms with Crippen molar-refractivity contribution in [2.24, 2.45) is 5.92 Å². The Kier molecular flexibility index (Phi) is 5.76. The standard InChI is InChI=1S/C10H16O4/c1-4-14-10(13)9(8(3)12)6-5-7(2)11/h9H,4-6H2,1-3H3/t9-/m1/s1. The first-order chi connectivity index (χ1) is 6.49. The zero-order valence-corrected chi connectivity index (χ0v) is 8.83. The monoisotopic (exact) mass is 200 g/mol. The molecule has 0 fully saturated rings. The molecule has 0 aromatic rings. The zero-order valence-electron chi connectivity index (χ0n) is 8.83. The van der Waals surface area contributed by atoms with E-state index in [1.165, 1.54) is 13.8 Å². The number of hydrogen-bond donors (Lipinski definition) is 0. The van der Waals surface area contributed by atoms with Crippen LogP contribution in [-0.4, -0.2) is 24.1 Å². The number of carbonyl (C=O) groups is 3. The van der Waals surface area contributed by atoms with Crippen LogP contribution in [0.5, 0.6) is 0 Å². The van der Waals surface area contributed by atoms with Crippen molar-refractivity contribution in [3.8, 4) is 0 Å². The SMILES string of the molecule is CCOC(=O)[C@H](CCC(C)=O)C(C)=O. The predicted octanol–water partition coefficient (Wildman–Crippen LogP) is 1.12. The van der Waals surface area contributed by atoms with Gasteiger partial charge in [0.05, 0.1) is 6.61 Å². The van der Waals surface area contributed by atoms with Crippen molar-refractivity contribution in [1.82, 2.24) is 0 Å². The van der Waals surface area contributed by atoms with Gasteiger partial charge in [-0.25, -0.2) is 0 Å². The Labute approximate surface area is 83.6 Å². The third kappa shape index (κ3) is 4.74. The number of ether oxygens (including phenoxy) is 1. The Bertz CT molecular complexity index is 232. The van der Waals surface area contributed by atoms with E-state index in [0.29, 0.717) is 0 Å². The van der Waals surface area contributed by atoms with Gasteiger partial charge in [0.1, 0.15) is 17.5 Å². The van der Waals surface area contributed by atoms with Crippen molar-refractivity contribution < 1.29 is 19.1 Å². The molecule has 0 aliphatic heterocycles. The highest BCUT2D eigenvalue weighted by Crippen LogP contribution is 2.10. The molecular weight excluding hydrogens is 184 g/mol. The molecule has 1 atom stereocenters. The lowest BCUT2D eigenvalue weighted by Crippen LogP contribution is -2.24. The maximum Gasteiger partial charge on any atom is 0.316 e. The van der Waals surface area contributed by atoms with Crippen LogP contribution >= 0.6 is 0 Å². The third-order valence-electron chi connectivity index (χ3n) is 1.85. The normalized spacial score (nSPS) is 11.9. The highest BCUT2D eigenvalue weighted by molar-refractivity contribution is 5.98. The first kappa shape index (κ1) is 12.8. The molecule has 0 aromatic carbocycles. The molecule has 4 heteroatoms. The molecule has 0 N–H and O–H groups in total. The minimum absolute atomic E-state index is 0.0273. The van der Waals surface area contributed by atoms with Crippen LogP contribution in [0.1, 0.15) is 33.6 Å². The van der Waals surface area contributed by atoms with Gasteiger partial charge in [-0.2, -0.15) is 0 Å². The molecule has 0 aliphatic rings. The molecule has 80 valence electrons. The van der Waals surface area contributed by atoms with Gasteiger partial charge >= 0.3 is 5.97 Å². The summed E-state index contributed by atoms with van der Waals surface area (Å²) in [5, 5.41) is 0. The Morgan fingerprint density at radius 3 is 2.14 bits per heavy atom. The molecule has 0 aromatic heterocycles. The van der Waals surface area contributed by atoms with E-state index < -0.39 is 11.9 Å². The molecule has 0 saturated carbocycles. The van der Waals surface area contributed by atoms with Gasteiger partial charge in [-0.1, -0.05) is 0 Å². The van der Waals surface area contributed by atoms with Crippen molar-refractivity contribution in [3.05, 3.63) is 0 Å². The minimum atomic E-state index is -0.779. The van der Waals surface area contributed by atoms with Crippen LogP contribution in [0.2, 0.25) is 0 Å². The number of carbonyl (C=O) groups excluding carboxylic acids is 3. The summed E-state index contributed by atoms with van der Waals surface area (Å²) in [6.07, 6.45) is 0.493. The Morgan fingerprint density at radius 2 is 1.79 bits per heavy atom. The first-order valence-electron chi connectivity index (χ1n) is 4.65. The fourth-order valence-corrected chi connectivity index (χ4v) is 1.08. The second-order valence-electron chi connectivity index (χ2n) is 3.16. The van der Waals surface area contributed by atoms with E-state index in [1.54, 1.807) is 6.92 Å². The molecule has 0 amide bonds. The fraction of sp³-hybridized carbons (Fsp3) is 0.700. The minimum Gasteiger partial charge on any atom is -0.465 e. The molecule has 0 unspecified atom stereocenters. The van der Waals surface area contributed by atoms with Crippen molar-refractivity contribution in [1.29, 1.82) is 0 Å². The molecule has 0 rings (SSSR count). The molecule has 0 saturated heterocycles. The van der Waals surface area contributed by atoms with Crippen LogP contribution in [0.3, 0.4) is 0 Å². The van der Waals surface area contributed by atoms with Crippen molar-refractivity contribution in [3.63, 3.8) is 0 Å². The molecule has 0 aliphatic carbocycles. The van der Waals surface area contributed by atoms with Crippen LogP contribution in [0.4, 0.5) is 0 Å². The Morgan fingerprint density at radius 1 is 1.21 bits per heavy atom. The van der Waals surface area contributed by atoms with Crippen LogP contribution in [-0.2, 0) is 19.1 Å². The first-order valence-corrected chi connectivity index (χ1v) is 4.65. The quantitative estimate of drug-likeness (QED) is 0.476. The van der Waals surface area contributed by atoms with E-state index in [9.17, 15) is 14.4 Å². The van der Waals surface area contributed by atoms with Crippen molar-refractivity contribution in [2.75, 3.05) is 6.61 Å². The third-order valence-corrected chi connectivity index (χ3v) is 1.85. The van der Waals surface area contributed by atoms with Crippen molar-refractivity contribution in [2.45, 2.75) is 33.6 Å². The summed E-state index contributed by atoms with van der Waals surface area (Å²) in [7, 11) is 0. The van der Waals surface area contributed by atoms with Gasteiger partial charge < -0.3 is 9.53 Å². The van der Waals surface area contributed by atoms with E-state index >= 15 is 0 Å². The Hall–Kier alpha value is -1.19. The van der Waals surface area contributed by atoms with Gasteiger partial charge in [-0.3, -0.25) is 9.59 Å². The van der Waals surface area contributed by atoms with Crippen LogP contribution in [0.25, 0.3) is 0 Å². The summed E-state index contributed by atoms with van der Waals surface area (Å²) in [5.41, 5.74) is 0. The van der Waals surface area contributed by atoms with Crippen LogP contribution in [0, 0.1) is 5.92 Å². The second-order valence-corrected chi connectivity index (χ2v) is 3.16. The van der Waals surface area contributed by atoms with Gasteiger partial charge in [-0.15, -0.1) is 0 Å². The number of hydrogen-bond acceptors (Lipinski definition) is 4. The van der Waals surface area contributed by atoms with E-state index in [4.69, 9.17) is 4.74 Å². The molecule has 4 nitrogen and oxygen atoms in total. The highest BCUT2D eigenvalue weighted by atomic mass is 16.5. The van der Waals surface area contributed by atoms with Gasteiger partial charge in [0.2, 0.25) is 0 Å². The van der Waals surface area contributed by atoms with E-state index in [2.05, 4.69) is 0 Å². The summed E-state index contributed by atoms with van der Waals surface area (Å²) < 4.78 is 4.73. The van der Waals surface area contributed by atoms with Gasteiger partial charge in [0.25, 0.3) is 0 Å². The predicted molar refractivity (Wildman–Crippen MR) is 50.7 cm³/mol. The lowest BCUT2D eigenvalue weighted by Gasteiger charge is -2.10. The number of rotatable bonds is 6. The number of esters is 1. The lowest BCUT2D eigenvalue weighted by atomic mass is 9.98. The van der Waals surface area contributed by atoms with E-state index in [1.807, 2.05) is 0 Å². The topological polar surface area (TPSA) is 60.4 Å². The maximum absolute atomic E-state index is 11.2. The largest absolute Gasteiger partial charge is 0.465 e. The average molecular weight is 200 g/mol. The van der Waals surface area contributed by atoms with E-state index in [0.717, 1.165) is 0 Å².